The molecule has 0 bridgehead atoms. The van der Waals surface area contributed by atoms with E-state index < -0.39 is 11.4 Å². The largest absolute Gasteiger partial charge is 0.480 e. The first kappa shape index (κ1) is 12.8. The Hall–Kier alpha value is -1.60. The first-order chi connectivity index (χ1) is 8.45. The number of imidazole rings is 1. The number of hydrogen-bond acceptors (Lipinski definition) is 5. The maximum Gasteiger partial charge on any atom is 0.237 e. The van der Waals surface area contributed by atoms with Gasteiger partial charge in [-0.15, -0.1) is 11.3 Å². The van der Waals surface area contributed by atoms with E-state index in [1.165, 1.54) is 11.3 Å². The van der Waals surface area contributed by atoms with E-state index >= 15 is 0 Å². The number of primary amides is 1. The Morgan fingerprint density at radius 2 is 2.39 bits per heavy atom. The Balaban J connectivity index is 2.25. The van der Waals surface area contributed by atoms with E-state index in [1.54, 1.807) is 21.0 Å². The van der Waals surface area contributed by atoms with Crippen molar-refractivity contribution in [2.45, 2.75) is 25.9 Å². The lowest BCUT2D eigenvalue weighted by Crippen LogP contribution is -2.50. The highest BCUT2D eigenvalue weighted by Gasteiger charge is 2.25. The summed E-state index contributed by atoms with van der Waals surface area (Å²) in [6.07, 6.45) is 1.92. The molecule has 0 unspecified atom stereocenters. The van der Waals surface area contributed by atoms with Crippen molar-refractivity contribution in [2.75, 3.05) is 7.11 Å². The number of amides is 1. The van der Waals surface area contributed by atoms with E-state index in [0.717, 1.165) is 10.7 Å². The molecule has 0 radical (unpaired) electrons. The van der Waals surface area contributed by atoms with Crippen LogP contribution in [0.4, 0.5) is 0 Å². The summed E-state index contributed by atoms with van der Waals surface area (Å²) in [6.45, 7) is 3.94. The topological polar surface area (TPSA) is 81.7 Å². The number of fused-ring (bicyclic) bond motifs is 1. The lowest BCUT2D eigenvalue weighted by Gasteiger charge is -2.22. The van der Waals surface area contributed by atoms with E-state index in [9.17, 15) is 4.79 Å². The Kier molecular flexibility index (Phi) is 3.27. The summed E-state index contributed by atoms with van der Waals surface area (Å²) < 4.78 is 7.17. The average molecular weight is 268 g/mol. The van der Waals surface area contributed by atoms with Gasteiger partial charge in [0.25, 0.3) is 0 Å². The molecule has 2 aromatic rings. The van der Waals surface area contributed by atoms with Gasteiger partial charge in [-0.05, 0) is 13.8 Å². The lowest BCUT2D eigenvalue weighted by atomic mass is 10.1. The highest BCUT2D eigenvalue weighted by atomic mass is 32.1. The standard InChI is InChI=1S/C11H16N4O2S/c1-11(2,9(12)16)13-6-7-8(17-3)14-10-15(7)4-5-18-10/h4-5,13H,6H2,1-3H3,(H2,12,16). The number of nitrogens with zero attached hydrogens (tertiary/aromatic N) is 2. The van der Waals surface area contributed by atoms with Crippen LogP contribution in [0, 0.1) is 0 Å². The first-order valence-corrected chi connectivity index (χ1v) is 6.37. The number of methoxy groups -OCH3 is 1. The maximum atomic E-state index is 11.3. The summed E-state index contributed by atoms with van der Waals surface area (Å²) in [4.78, 5) is 16.5. The second kappa shape index (κ2) is 4.58. The Bertz CT molecular complexity index is 573. The quantitative estimate of drug-likeness (QED) is 0.838. The minimum Gasteiger partial charge on any atom is -0.480 e. The summed E-state index contributed by atoms with van der Waals surface area (Å²) in [5, 5.41) is 5.06. The molecule has 0 aliphatic rings. The molecule has 7 heteroatoms. The van der Waals surface area contributed by atoms with Crippen molar-refractivity contribution in [1.29, 1.82) is 0 Å². The molecule has 98 valence electrons. The Labute approximate surface area is 109 Å². The molecule has 2 aromatic heterocycles. The zero-order chi connectivity index (χ0) is 13.3. The van der Waals surface area contributed by atoms with Crippen LogP contribution in [0.3, 0.4) is 0 Å². The number of nitrogens with two attached hydrogens (primary N) is 1. The summed E-state index contributed by atoms with van der Waals surface area (Å²) in [5.41, 5.74) is 5.43. The van der Waals surface area contributed by atoms with Gasteiger partial charge in [0.05, 0.1) is 12.6 Å². The van der Waals surface area contributed by atoms with Gasteiger partial charge >= 0.3 is 0 Å². The SMILES string of the molecule is COc1nc2sccn2c1CNC(C)(C)C(N)=O. The van der Waals surface area contributed by atoms with Gasteiger partial charge in [-0.3, -0.25) is 14.5 Å². The molecule has 0 aliphatic carbocycles. The number of rotatable bonds is 5. The van der Waals surface area contributed by atoms with Gasteiger partial charge in [0.1, 0.15) is 5.69 Å². The normalized spacial score (nSPS) is 11.9. The minimum absolute atomic E-state index is 0.396. The number of thiazole rings is 1. The van der Waals surface area contributed by atoms with Crippen LogP contribution in [-0.4, -0.2) is 27.9 Å². The van der Waals surface area contributed by atoms with E-state index in [4.69, 9.17) is 10.5 Å². The molecule has 2 rings (SSSR count). The number of carbonyl (C=O) groups is 1. The molecular formula is C11H16N4O2S. The van der Waals surface area contributed by atoms with Crippen molar-refractivity contribution in [2.24, 2.45) is 5.73 Å². The minimum atomic E-state index is -0.773. The number of aromatic nitrogens is 2. The van der Waals surface area contributed by atoms with Crippen LogP contribution < -0.4 is 15.8 Å². The second-order valence-electron chi connectivity index (χ2n) is 4.47. The Morgan fingerprint density at radius 1 is 1.67 bits per heavy atom. The molecule has 6 nitrogen and oxygen atoms in total. The molecule has 3 N–H and O–H groups in total. The molecule has 1 amide bonds. The van der Waals surface area contributed by atoms with Gasteiger partial charge in [0.15, 0.2) is 4.96 Å². The third-order valence-corrected chi connectivity index (χ3v) is 3.59. The number of carbonyl (C=O) groups excluding carboxylic acids is 1. The zero-order valence-electron chi connectivity index (χ0n) is 10.6. The van der Waals surface area contributed by atoms with Crippen molar-refractivity contribution < 1.29 is 9.53 Å². The van der Waals surface area contributed by atoms with Crippen LogP contribution in [-0.2, 0) is 11.3 Å². The predicted octanol–water partition coefficient (Wildman–Crippen LogP) is 0.758. The lowest BCUT2D eigenvalue weighted by molar-refractivity contribution is -0.123. The first-order valence-electron chi connectivity index (χ1n) is 5.49. The average Bonchev–Trinajstić information content (AvgIpc) is 2.85. The van der Waals surface area contributed by atoms with Crippen molar-refractivity contribution in [3.63, 3.8) is 0 Å². The molecule has 0 aromatic carbocycles. The number of nitrogens with one attached hydrogen (secondary N) is 1. The smallest absolute Gasteiger partial charge is 0.237 e. The van der Waals surface area contributed by atoms with E-state index in [-0.39, 0.29) is 0 Å². The monoisotopic (exact) mass is 268 g/mol. The summed E-state index contributed by atoms with van der Waals surface area (Å²) in [7, 11) is 1.58. The fraction of sp³-hybridized carbons (Fsp3) is 0.455. The molecule has 0 fully saturated rings. The molecule has 0 saturated heterocycles. The highest BCUT2D eigenvalue weighted by Crippen LogP contribution is 2.23. The maximum absolute atomic E-state index is 11.3. The van der Waals surface area contributed by atoms with Crippen LogP contribution in [0.1, 0.15) is 19.5 Å². The fourth-order valence-corrected chi connectivity index (χ4v) is 2.25. The van der Waals surface area contributed by atoms with Crippen LogP contribution >= 0.6 is 11.3 Å². The van der Waals surface area contributed by atoms with Gasteiger partial charge in [0, 0.05) is 18.1 Å². The predicted molar refractivity (Wildman–Crippen MR) is 69.7 cm³/mol. The van der Waals surface area contributed by atoms with Crippen LogP contribution in [0.5, 0.6) is 5.88 Å². The van der Waals surface area contributed by atoms with Crippen molar-refractivity contribution in [3.8, 4) is 5.88 Å². The summed E-state index contributed by atoms with van der Waals surface area (Å²) in [6, 6.07) is 0. The van der Waals surface area contributed by atoms with Gasteiger partial charge in [-0.25, -0.2) is 0 Å². The molecular weight excluding hydrogens is 252 g/mol. The fourth-order valence-electron chi connectivity index (χ4n) is 1.53. The zero-order valence-corrected chi connectivity index (χ0v) is 11.4. The van der Waals surface area contributed by atoms with E-state index in [2.05, 4.69) is 10.3 Å². The second-order valence-corrected chi connectivity index (χ2v) is 5.34. The van der Waals surface area contributed by atoms with Gasteiger partial charge in [-0.2, -0.15) is 4.98 Å². The van der Waals surface area contributed by atoms with Crippen LogP contribution in [0.15, 0.2) is 11.6 Å². The molecule has 0 atom stereocenters. The van der Waals surface area contributed by atoms with Crippen LogP contribution in [0.2, 0.25) is 0 Å². The van der Waals surface area contributed by atoms with Crippen molar-refractivity contribution >= 4 is 22.2 Å². The number of ether oxygens (including phenoxy) is 1. The van der Waals surface area contributed by atoms with E-state index in [0.29, 0.717) is 12.4 Å². The molecule has 0 saturated carbocycles. The van der Waals surface area contributed by atoms with Gasteiger partial charge < -0.3 is 10.5 Å². The molecule has 0 aliphatic heterocycles. The summed E-state index contributed by atoms with van der Waals surface area (Å²) >= 11 is 1.53. The van der Waals surface area contributed by atoms with Crippen molar-refractivity contribution in [3.05, 3.63) is 17.3 Å². The Morgan fingerprint density at radius 3 is 3.00 bits per heavy atom. The van der Waals surface area contributed by atoms with E-state index in [1.807, 2.05) is 16.0 Å². The van der Waals surface area contributed by atoms with Gasteiger partial charge in [0.2, 0.25) is 11.8 Å². The third-order valence-electron chi connectivity index (χ3n) is 2.83. The molecule has 18 heavy (non-hydrogen) atoms. The molecule has 0 spiro atoms. The molecule has 2 heterocycles. The van der Waals surface area contributed by atoms with Crippen LogP contribution in [0.25, 0.3) is 4.96 Å². The van der Waals surface area contributed by atoms with Gasteiger partial charge in [-0.1, -0.05) is 0 Å². The summed E-state index contributed by atoms with van der Waals surface area (Å²) in [5.74, 6) is 0.169. The van der Waals surface area contributed by atoms with Crippen molar-refractivity contribution in [1.82, 2.24) is 14.7 Å². The highest BCUT2D eigenvalue weighted by molar-refractivity contribution is 7.15. The number of hydrogen-bond donors (Lipinski definition) is 2. The third kappa shape index (κ3) is 2.19.